The van der Waals surface area contributed by atoms with Crippen LogP contribution in [0, 0.1) is 5.92 Å². The average molecular weight is 490 g/mol. The molecule has 2 amide bonds. The normalized spacial score (nSPS) is 14.2. The first-order chi connectivity index (χ1) is 14.4. The van der Waals surface area contributed by atoms with Gasteiger partial charge in [-0.3, -0.25) is 14.9 Å². The minimum atomic E-state index is -0.403. The number of nitrogens with zero attached hydrogens (tertiary/aromatic N) is 1. The number of rotatable bonds is 4. The predicted octanol–water partition coefficient (Wildman–Crippen LogP) is 4.46. The van der Waals surface area contributed by atoms with Gasteiger partial charge in [-0.25, -0.2) is 0 Å². The molecule has 6 nitrogen and oxygen atoms in total. The van der Waals surface area contributed by atoms with Crippen molar-refractivity contribution in [3.8, 4) is 5.75 Å². The van der Waals surface area contributed by atoms with Gasteiger partial charge in [0, 0.05) is 17.6 Å². The molecule has 3 rings (SSSR count). The van der Waals surface area contributed by atoms with Crippen LogP contribution in [-0.2, 0) is 0 Å². The van der Waals surface area contributed by atoms with Gasteiger partial charge in [0.15, 0.2) is 5.11 Å². The van der Waals surface area contributed by atoms with Crippen LogP contribution in [0.15, 0.2) is 46.9 Å². The number of benzene rings is 2. The zero-order chi connectivity index (χ0) is 21.7. The molecule has 158 valence electrons. The number of amides is 2. The molecule has 0 bridgehead atoms. The van der Waals surface area contributed by atoms with E-state index in [4.69, 9.17) is 17.0 Å². The van der Waals surface area contributed by atoms with Crippen LogP contribution >= 0.6 is 28.1 Å². The number of hydrogen-bond acceptors (Lipinski definition) is 4. The fourth-order valence-corrected chi connectivity index (χ4v) is 3.91. The van der Waals surface area contributed by atoms with Gasteiger partial charge in [0.25, 0.3) is 11.8 Å². The summed E-state index contributed by atoms with van der Waals surface area (Å²) in [5.41, 5.74) is 1.44. The highest BCUT2D eigenvalue weighted by Gasteiger charge is 2.23. The molecule has 1 saturated heterocycles. The number of halogens is 1. The number of thiocarbonyl (C=S) groups is 1. The number of anilines is 1. The number of hydrogen-bond donors (Lipinski definition) is 2. The van der Waals surface area contributed by atoms with Gasteiger partial charge < -0.3 is 15.0 Å². The minimum Gasteiger partial charge on any atom is -0.496 e. The third kappa shape index (κ3) is 5.37. The summed E-state index contributed by atoms with van der Waals surface area (Å²) >= 11 is 8.68. The first kappa shape index (κ1) is 22.2. The van der Waals surface area contributed by atoms with Crippen LogP contribution in [0.5, 0.6) is 5.75 Å². The van der Waals surface area contributed by atoms with Crippen LogP contribution in [-0.4, -0.2) is 42.0 Å². The smallest absolute Gasteiger partial charge is 0.261 e. The maximum atomic E-state index is 13.0. The molecule has 0 atom stereocenters. The lowest BCUT2D eigenvalue weighted by atomic mass is 9.98. The molecule has 1 aliphatic rings. The van der Waals surface area contributed by atoms with Crippen LogP contribution in [0.1, 0.15) is 40.5 Å². The van der Waals surface area contributed by atoms with Crippen molar-refractivity contribution in [1.82, 2.24) is 10.2 Å². The maximum Gasteiger partial charge on any atom is 0.261 e. The molecule has 0 saturated carbocycles. The molecule has 8 heteroatoms. The molecule has 1 fully saturated rings. The Morgan fingerprint density at radius 2 is 1.83 bits per heavy atom. The van der Waals surface area contributed by atoms with Crippen LogP contribution in [0.3, 0.4) is 0 Å². The molecule has 0 radical (unpaired) electrons. The Morgan fingerprint density at radius 1 is 1.13 bits per heavy atom. The number of likely N-dealkylation sites (tertiary alicyclic amines) is 1. The van der Waals surface area contributed by atoms with Crippen molar-refractivity contribution in [3.63, 3.8) is 0 Å². The van der Waals surface area contributed by atoms with Crippen molar-refractivity contribution in [2.75, 3.05) is 25.5 Å². The Balaban J connectivity index is 1.71. The summed E-state index contributed by atoms with van der Waals surface area (Å²) in [6, 6.07) is 12.3. The van der Waals surface area contributed by atoms with Crippen LogP contribution in [0.4, 0.5) is 5.69 Å². The van der Waals surface area contributed by atoms with Gasteiger partial charge in [0.05, 0.1) is 23.9 Å². The highest BCUT2D eigenvalue weighted by Crippen LogP contribution is 2.24. The van der Waals surface area contributed by atoms with E-state index in [0.717, 1.165) is 30.4 Å². The third-order valence-electron chi connectivity index (χ3n) is 5.11. The van der Waals surface area contributed by atoms with E-state index in [0.29, 0.717) is 28.5 Å². The molecule has 0 spiro atoms. The SMILES string of the molecule is COc1ccc(Br)cc1C(=O)NC(=S)Nc1ccccc1C(=O)N1CCC(C)CC1. The van der Waals surface area contributed by atoms with Gasteiger partial charge in [-0.05, 0) is 61.3 Å². The van der Waals surface area contributed by atoms with E-state index in [-0.39, 0.29) is 11.0 Å². The summed E-state index contributed by atoms with van der Waals surface area (Å²) in [5.74, 6) is 0.640. The van der Waals surface area contributed by atoms with Gasteiger partial charge in [0.1, 0.15) is 5.75 Å². The number of nitrogens with one attached hydrogen (secondary N) is 2. The van der Waals surface area contributed by atoms with Gasteiger partial charge in [-0.2, -0.15) is 0 Å². The summed E-state index contributed by atoms with van der Waals surface area (Å²) in [5, 5.41) is 5.75. The molecule has 1 aliphatic heterocycles. The van der Waals surface area contributed by atoms with Crippen molar-refractivity contribution in [2.45, 2.75) is 19.8 Å². The molecule has 0 aromatic heterocycles. The number of ether oxygens (including phenoxy) is 1. The van der Waals surface area contributed by atoms with E-state index in [1.54, 1.807) is 30.3 Å². The zero-order valence-electron chi connectivity index (χ0n) is 16.9. The van der Waals surface area contributed by atoms with E-state index < -0.39 is 5.91 Å². The van der Waals surface area contributed by atoms with Crippen molar-refractivity contribution in [2.24, 2.45) is 5.92 Å². The molecule has 1 heterocycles. The lowest BCUT2D eigenvalue weighted by molar-refractivity contribution is 0.0698. The fraction of sp³-hybridized carbons (Fsp3) is 0.318. The number of carbonyl (C=O) groups is 2. The molecule has 0 aliphatic carbocycles. The Bertz CT molecular complexity index is 958. The second-order valence-electron chi connectivity index (χ2n) is 7.27. The van der Waals surface area contributed by atoms with Crippen LogP contribution in [0.2, 0.25) is 0 Å². The van der Waals surface area contributed by atoms with E-state index in [1.807, 2.05) is 17.0 Å². The number of carbonyl (C=O) groups excluding carboxylic acids is 2. The van der Waals surface area contributed by atoms with Crippen molar-refractivity contribution in [1.29, 1.82) is 0 Å². The molecular formula is C22H24BrN3O3S. The average Bonchev–Trinajstić information content (AvgIpc) is 2.74. The van der Waals surface area contributed by atoms with Gasteiger partial charge in [0.2, 0.25) is 0 Å². The summed E-state index contributed by atoms with van der Waals surface area (Å²) in [4.78, 5) is 27.5. The lowest BCUT2D eigenvalue weighted by Gasteiger charge is -2.31. The monoisotopic (exact) mass is 489 g/mol. The number of piperidine rings is 1. The van der Waals surface area contributed by atoms with E-state index in [1.165, 1.54) is 7.11 Å². The zero-order valence-corrected chi connectivity index (χ0v) is 19.3. The largest absolute Gasteiger partial charge is 0.496 e. The molecule has 2 aromatic carbocycles. The predicted molar refractivity (Wildman–Crippen MR) is 125 cm³/mol. The number of para-hydroxylation sites is 1. The molecule has 0 unspecified atom stereocenters. The van der Waals surface area contributed by atoms with Crippen LogP contribution in [0.25, 0.3) is 0 Å². The minimum absolute atomic E-state index is 0.0345. The Kier molecular flexibility index (Phi) is 7.44. The van der Waals surface area contributed by atoms with Crippen LogP contribution < -0.4 is 15.4 Å². The Labute approximate surface area is 190 Å². The summed E-state index contributed by atoms with van der Waals surface area (Å²) < 4.78 is 6.00. The van der Waals surface area contributed by atoms with Gasteiger partial charge in [-0.15, -0.1) is 0 Å². The second-order valence-corrected chi connectivity index (χ2v) is 8.60. The first-order valence-corrected chi connectivity index (χ1v) is 10.9. The summed E-state index contributed by atoms with van der Waals surface area (Å²) in [6.45, 7) is 3.70. The highest BCUT2D eigenvalue weighted by molar-refractivity contribution is 9.10. The van der Waals surface area contributed by atoms with Gasteiger partial charge >= 0.3 is 0 Å². The van der Waals surface area contributed by atoms with Gasteiger partial charge in [-0.1, -0.05) is 35.0 Å². The quantitative estimate of drug-likeness (QED) is 0.620. The second kappa shape index (κ2) is 10.0. The van der Waals surface area contributed by atoms with E-state index in [2.05, 4.69) is 33.5 Å². The maximum absolute atomic E-state index is 13.0. The van der Waals surface area contributed by atoms with Crippen molar-refractivity contribution < 1.29 is 14.3 Å². The molecule has 2 N–H and O–H groups in total. The lowest BCUT2D eigenvalue weighted by Crippen LogP contribution is -2.39. The first-order valence-electron chi connectivity index (χ1n) is 9.73. The molecular weight excluding hydrogens is 466 g/mol. The van der Waals surface area contributed by atoms with E-state index >= 15 is 0 Å². The molecule has 2 aromatic rings. The van der Waals surface area contributed by atoms with E-state index in [9.17, 15) is 9.59 Å². The topological polar surface area (TPSA) is 70.7 Å². The number of methoxy groups -OCH3 is 1. The third-order valence-corrected chi connectivity index (χ3v) is 5.81. The Hall–Kier alpha value is -2.45. The standard InChI is InChI=1S/C22H24BrN3O3S/c1-14-9-11-26(12-10-14)21(28)16-5-3-4-6-18(16)24-22(30)25-20(27)17-13-15(23)7-8-19(17)29-2/h3-8,13-14H,9-12H2,1-2H3,(H2,24,25,27,30). The summed E-state index contributed by atoms with van der Waals surface area (Å²) in [6.07, 6.45) is 2.01. The molecule has 30 heavy (non-hydrogen) atoms. The summed E-state index contributed by atoms with van der Waals surface area (Å²) in [7, 11) is 1.50. The fourth-order valence-electron chi connectivity index (χ4n) is 3.34. The van der Waals surface area contributed by atoms with Crippen molar-refractivity contribution >= 4 is 50.8 Å². The Morgan fingerprint density at radius 3 is 2.53 bits per heavy atom. The van der Waals surface area contributed by atoms with Crippen molar-refractivity contribution in [3.05, 3.63) is 58.1 Å². The highest BCUT2D eigenvalue weighted by atomic mass is 79.9.